The van der Waals surface area contributed by atoms with Gasteiger partial charge in [-0.1, -0.05) is 18.5 Å². The van der Waals surface area contributed by atoms with E-state index in [0.29, 0.717) is 11.6 Å². The summed E-state index contributed by atoms with van der Waals surface area (Å²) in [7, 11) is 1.83. The first-order chi connectivity index (χ1) is 12.5. The monoisotopic (exact) mass is 369 g/mol. The Morgan fingerprint density at radius 3 is 2.92 bits per heavy atom. The fourth-order valence-electron chi connectivity index (χ4n) is 3.57. The van der Waals surface area contributed by atoms with Gasteiger partial charge in [-0.2, -0.15) is 0 Å². The number of carbonyl (C=O) groups excluding carboxylic acids is 1. The zero-order valence-electron chi connectivity index (χ0n) is 15.0. The summed E-state index contributed by atoms with van der Waals surface area (Å²) in [5.74, 6) is 0.331. The molecule has 6 nitrogen and oxygen atoms in total. The van der Waals surface area contributed by atoms with Crippen LogP contribution in [-0.2, 0) is 11.3 Å². The summed E-state index contributed by atoms with van der Waals surface area (Å²) in [6, 6.07) is 5.90. The summed E-state index contributed by atoms with van der Waals surface area (Å²) in [4.78, 5) is 25.5. The number of hydrogen-bond donors (Lipinski definition) is 1. The van der Waals surface area contributed by atoms with E-state index >= 15 is 0 Å². The molecule has 0 saturated heterocycles. The second-order valence-corrected chi connectivity index (χ2v) is 7.33. The van der Waals surface area contributed by atoms with Gasteiger partial charge in [0.15, 0.2) is 0 Å². The van der Waals surface area contributed by atoms with Gasteiger partial charge in [0, 0.05) is 49.1 Å². The second-order valence-electron chi connectivity index (χ2n) is 6.90. The third kappa shape index (κ3) is 2.70. The molecule has 0 bridgehead atoms. The Bertz CT molecular complexity index is 1130. The van der Waals surface area contributed by atoms with E-state index in [2.05, 4.69) is 26.4 Å². The summed E-state index contributed by atoms with van der Waals surface area (Å²) in [5, 5.41) is 3.80. The van der Waals surface area contributed by atoms with E-state index < -0.39 is 0 Å². The first-order valence-electron chi connectivity index (χ1n) is 8.57. The van der Waals surface area contributed by atoms with Gasteiger partial charge in [0.1, 0.15) is 11.3 Å². The van der Waals surface area contributed by atoms with Crippen LogP contribution in [-0.4, -0.2) is 43.9 Å². The van der Waals surface area contributed by atoms with Crippen LogP contribution in [0, 0.1) is 5.92 Å². The van der Waals surface area contributed by atoms with Crippen LogP contribution >= 0.6 is 11.6 Å². The number of fused-ring (bicyclic) bond motifs is 2. The van der Waals surface area contributed by atoms with Crippen molar-refractivity contribution in [3.63, 3.8) is 0 Å². The Morgan fingerprint density at radius 1 is 1.35 bits per heavy atom. The van der Waals surface area contributed by atoms with Crippen molar-refractivity contribution < 1.29 is 4.79 Å². The Kier molecular flexibility index (Phi) is 4.07. The highest BCUT2D eigenvalue weighted by atomic mass is 35.5. The zero-order chi connectivity index (χ0) is 18.4. The van der Waals surface area contributed by atoms with Crippen molar-refractivity contribution in [1.29, 1.82) is 0 Å². The van der Waals surface area contributed by atoms with E-state index in [0.717, 1.165) is 39.5 Å². The van der Waals surface area contributed by atoms with Crippen LogP contribution in [0.1, 0.15) is 13.8 Å². The molecule has 1 amide bonds. The third-order valence-corrected chi connectivity index (χ3v) is 5.09. The Labute approximate surface area is 155 Å². The molecule has 7 heteroatoms. The molecule has 3 heterocycles. The van der Waals surface area contributed by atoms with Crippen LogP contribution in [0.3, 0.4) is 0 Å². The lowest BCUT2D eigenvalue weighted by Crippen LogP contribution is -2.30. The molecule has 1 unspecified atom stereocenters. The maximum Gasteiger partial charge on any atom is 0.219 e. The van der Waals surface area contributed by atoms with Crippen LogP contribution < -0.4 is 0 Å². The molecular weight excluding hydrogens is 350 g/mol. The van der Waals surface area contributed by atoms with Crippen molar-refractivity contribution in [1.82, 2.24) is 24.4 Å². The van der Waals surface area contributed by atoms with Gasteiger partial charge in [-0.25, -0.2) is 9.97 Å². The fourth-order valence-corrected chi connectivity index (χ4v) is 3.75. The SMILES string of the molecule is CC(=O)N(C)CC(C)Cn1c2ccc(Cl)cc2c2cnc3[nH]cnc1c32. The molecule has 0 spiro atoms. The van der Waals surface area contributed by atoms with E-state index in [1.54, 1.807) is 18.2 Å². The minimum atomic E-state index is 0.0695. The molecule has 0 fully saturated rings. The lowest BCUT2D eigenvalue weighted by atomic mass is 10.1. The standard InChI is InChI=1S/C19H20ClN5O/c1-11(8-24(3)12(2)26)9-25-16-5-4-13(20)6-14(16)15-7-21-18-17(15)19(25)23-10-22-18/h4-7,10-11H,8-9H2,1-3H3,(H,21,22,23). The number of pyridine rings is 1. The average molecular weight is 370 g/mol. The largest absolute Gasteiger partial charge is 0.346 e. The number of hydrogen-bond acceptors (Lipinski definition) is 3. The molecule has 0 aliphatic rings. The molecule has 0 aliphatic heterocycles. The number of aromatic amines is 1. The zero-order valence-corrected chi connectivity index (χ0v) is 15.7. The third-order valence-electron chi connectivity index (χ3n) is 4.85. The number of H-pyrrole nitrogens is 1. The van der Waals surface area contributed by atoms with Crippen molar-refractivity contribution in [2.45, 2.75) is 20.4 Å². The van der Waals surface area contributed by atoms with Crippen molar-refractivity contribution in [3.05, 3.63) is 35.7 Å². The number of amides is 1. The predicted octanol–water partition coefficient (Wildman–Crippen LogP) is 3.83. The highest BCUT2D eigenvalue weighted by molar-refractivity contribution is 6.32. The molecule has 134 valence electrons. The number of nitrogens with one attached hydrogen (secondary N) is 1. The lowest BCUT2D eigenvalue weighted by Gasteiger charge is -2.23. The quantitative estimate of drug-likeness (QED) is 0.556. The minimum Gasteiger partial charge on any atom is -0.346 e. The van der Waals surface area contributed by atoms with Gasteiger partial charge in [-0.3, -0.25) is 4.79 Å². The van der Waals surface area contributed by atoms with E-state index in [9.17, 15) is 4.79 Å². The van der Waals surface area contributed by atoms with Gasteiger partial charge in [0.05, 0.1) is 17.2 Å². The first-order valence-corrected chi connectivity index (χ1v) is 8.94. The second kappa shape index (κ2) is 6.29. The highest BCUT2D eigenvalue weighted by Crippen LogP contribution is 2.33. The van der Waals surface area contributed by atoms with Crippen LogP contribution in [0.15, 0.2) is 30.7 Å². The Hall–Kier alpha value is -2.60. The van der Waals surface area contributed by atoms with Gasteiger partial charge >= 0.3 is 0 Å². The summed E-state index contributed by atoms with van der Waals surface area (Å²) in [5.41, 5.74) is 2.76. The predicted molar refractivity (Wildman–Crippen MR) is 104 cm³/mol. The van der Waals surface area contributed by atoms with Crippen LogP contribution in [0.4, 0.5) is 0 Å². The molecular formula is C19H20ClN5O. The summed E-state index contributed by atoms with van der Waals surface area (Å²) in [6.07, 6.45) is 3.54. The lowest BCUT2D eigenvalue weighted by molar-refractivity contribution is -0.128. The van der Waals surface area contributed by atoms with Crippen LogP contribution in [0.25, 0.3) is 33.0 Å². The number of carbonyl (C=O) groups is 1. The van der Waals surface area contributed by atoms with Gasteiger partial charge in [-0.05, 0) is 24.1 Å². The van der Waals surface area contributed by atoms with E-state index in [1.807, 2.05) is 31.4 Å². The molecule has 3 aromatic heterocycles. The van der Waals surface area contributed by atoms with Crippen LogP contribution in [0.5, 0.6) is 0 Å². The number of halogens is 1. The first kappa shape index (κ1) is 16.8. The smallest absolute Gasteiger partial charge is 0.219 e. The topological polar surface area (TPSA) is 66.8 Å². The normalized spacial score (nSPS) is 12.9. The van der Waals surface area contributed by atoms with Gasteiger partial charge < -0.3 is 14.5 Å². The molecule has 0 aliphatic carbocycles. The van der Waals surface area contributed by atoms with E-state index in [1.165, 1.54) is 0 Å². The maximum atomic E-state index is 11.6. The summed E-state index contributed by atoms with van der Waals surface area (Å²) in [6.45, 7) is 5.15. The van der Waals surface area contributed by atoms with Crippen molar-refractivity contribution in [2.24, 2.45) is 5.92 Å². The molecule has 1 atom stereocenters. The van der Waals surface area contributed by atoms with Gasteiger partial charge in [0.25, 0.3) is 0 Å². The number of aromatic nitrogens is 4. The molecule has 4 rings (SSSR count). The van der Waals surface area contributed by atoms with E-state index in [-0.39, 0.29) is 11.8 Å². The molecule has 26 heavy (non-hydrogen) atoms. The van der Waals surface area contributed by atoms with Gasteiger partial charge in [0.2, 0.25) is 5.91 Å². The van der Waals surface area contributed by atoms with Crippen LogP contribution in [0.2, 0.25) is 5.02 Å². The molecule has 4 aromatic rings. The number of nitrogens with zero attached hydrogens (tertiary/aromatic N) is 4. The molecule has 0 saturated carbocycles. The van der Waals surface area contributed by atoms with Crippen molar-refractivity contribution in [2.75, 3.05) is 13.6 Å². The Morgan fingerprint density at radius 2 is 2.15 bits per heavy atom. The molecule has 1 N–H and O–H groups in total. The highest BCUT2D eigenvalue weighted by Gasteiger charge is 2.18. The molecule has 0 radical (unpaired) electrons. The average Bonchev–Trinajstić information content (AvgIpc) is 3.03. The maximum absolute atomic E-state index is 11.6. The minimum absolute atomic E-state index is 0.0695. The number of benzene rings is 1. The summed E-state index contributed by atoms with van der Waals surface area (Å²) >= 11 is 6.26. The Balaban J connectivity index is 1.91. The number of rotatable bonds is 4. The van der Waals surface area contributed by atoms with E-state index in [4.69, 9.17) is 11.6 Å². The fraction of sp³-hybridized carbons (Fsp3) is 0.316. The van der Waals surface area contributed by atoms with Crippen molar-refractivity contribution >= 4 is 50.5 Å². The molecule has 1 aromatic carbocycles. The van der Waals surface area contributed by atoms with Crippen molar-refractivity contribution in [3.8, 4) is 0 Å². The van der Waals surface area contributed by atoms with Gasteiger partial charge in [-0.15, -0.1) is 0 Å². The summed E-state index contributed by atoms with van der Waals surface area (Å²) < 4.78 is 2.20.